The van der Waals surface area contributed by atoms with Gasteiger partial charge in [-0.2, -0.15) is 24.7 Å². The van der Waals surface area contributed by atoms with Gasteiger partial charge in [0.1, 0.15) is 0 Å². The van der Waals surface area contributed by atoms with E-state index in [0.29, 0.717) is 44.1 Å². The van der Waals surface area contributed by atoms with Crippen molar-refractivity contribution in [3.63, 3.8) is 0 Å². The maximum Gasteiger partial charge on any atom is 0.252 e. The molecule has 1 aliphatic heterocycles. The van der Waals surface area contributed by atoms with Crippen molar-refractivity contribution in [3.8, 4) is 5.69 Å². The molecular formula is C23H28N8O2S. The molecule has 0 unspecified atom stereocenters. The van der Waals surface area contributed by atoms with Gasteiger partial charge in [0.15, 0.2) is 5.65 Å². The maximum absolute atomic E-state index is 13.4. The zero-order valence-electron chi connectivity index (χ0n) is 19.2. The SMILES string of the molecule is CC(C)c1cnn2c(NCc3ccccc3-n3cccn3)nc(S(=O)(=O)C3CCNCC3)nc12. The molecular weight excluding hydrogens is 452 g/mol. The van der Waals surface area contributed by atoms with E-state index in [2.05, 4.69) is 30.8 Å². The first-order valence-electron chi connectivity index (χ1n) is 11.5. The number of rotatable bonds is 7. The standard InChI is InChI=1S/C23H28N8O2S/c1-16(2)19-15-27-31-21(19)28-23(34(32,33)18-8-11-24-12-9-18)29-22(31)25-14-17-6-3-4-7-20(17)30-13-5-10-26-30/h3-7,10,13,15-16,18,24H,8-9,11-12,14H2,1-2H3,(H,25,28,29). The maximum atomic E-state index is 13.4. The van der Waals surface area contributed by atoms with Crippen LogP contribution in [-0.4, -0.2) is 56.1 Å². The fourth-order valence-corrected chi connectivity index (χ4v) is 5.83. The lowest BCUT2D eigenvalue weighted by Crippen LogP contribution is -2.36. The van der Waals surface area contributed by atoms with E-state index < -0.39 is 15.1 Å². The molecule has 1 fully saturated rings. The average molecular weight is 481 g/mol. The Labute approximate surface area is 198 Å². The van der Waals surface area contributed by atoms with Crippen molar-refractivity contribution in [3.05, 3.63) is 60.0 Å². The number of nitrogens with one attached hydrogen (secondary N) is 2. The van der Waals surface area contributed by atoms with Gasteiger partial charge in [-0.25, -0.2) is 13.1 Å². The van der Waals surface area contributed by atoms with E-state index >= 15 is 0 Å². The molecule has 0 atom stereocenters. The number of hydrogen-bond acceptors (Lipinski definition) is 8. The topological polar surface area (TPSA) is 119 Å². The van der Waals surface area contributed by atoms with Crippen molar-refractivity contribution in [1.29, 1.82) is 0 Å². The largest absolute Gasteiger partial charge is 0.350 e. The molecule has 0 aliphatic carbocycles. The zero-order chi connectivity index (χ0) is 23.7. The predicted molar refractivity (Wildman–Crippen MR) is 129 cm³/mol. The molecule has 1 aliphatic rings. The molecule has 0 bridgehead atoms. The van der Waals surface area contributed by atoms with Crippen molar-refractivity contribution >= 4 is 21.4 Å². The number of hydrogen-bond donors (Lipinski definition) is 2. The molecule has 11 heteroatoms. The van der Waals surface area contributed by atoms with Crippen molar-refractivity contribution in [2.75, 3.05) is 18.4 Å². The second-order valence-corrected chi connectivity index (χ2v) is 10.9. The number of nitrogens with zero attached hydrogens (tertiary/aromatic N) is 6. The summed E-state index contributed by atoms with van der Waals surface area (Å²) in [5.41, 5.74) is 3.30. The highest BCUT2D eigenvalue weighted by molar-refractivity contribution is 7.91. The van der Waals surface area contributed by atoms with Crippen LogP contribution < -0.4 is 10.6 Å². The summed E-state index contributed by atoms with van der Waals surface area (Å²) in [7, 11) is -3.68. The van der Waals surface area contributed by atoms with Crippen LogP contribution in [0.1, 0.15) is 43.7 Å². The molecule has 34 heavy (non-hydrogen) atoms. The number of benzene rings is 1. The van der Waals surface area contributed by atoms with E-state index in [-0.39, 0.29) is 11.1 Å². The molecule has 3 aromatic heterocycles. The molecule has 5 rings (SSSR count). The Bertz CT molecular complexity index is 1390. The van der Waals surface area contributed by atoms with Crippen LogP contribution in [0, 0.1) is 0 Å². The third-order valence-corrected chi connectivity index (χ3v) is 8.20. The molecule has 0 amide bonds. The van der Waals surface area contributed by atoms with Crippen molar-refractivity contribution in [2.45, 2.75) is 49.6 Å². The molecule has 1 saturated heterocycles. The Morgan fingerprint density at radius 3 is 2.65 bits per heavy atom. The summed E-state index contributed by atoms with van der Waals surface area (Å²) in [6.07, 6.45) is 6.44. The van der Waals surface area contributed by atoms with Gasteiger partial charge in [-0.3, -0.25) is 0 Å². The molecule has 0 radical (unpaired) electrons. The van der Waals surface area contributed by atoms with Crippen molar-refractivity contribution in [2.24, 2.45) is 0 Å². The van der Waals surface area contributed by atoms with Gasteiger partial charge in [0.2, 0.25) is 15.8 Å². The lowest BCUT2D eigenvalue weighted by Gasteiger charge is -2.22. The van der Waals surface area contributed by atoms with Crippen LogP contribution in [0.3, 0.4) is 0 Å². The zero-order valence-corrected chi connectivity index (χ0v) is 20.0. The second-order valence-electron chi connectivity index (χ2n) is 8.75. The molecule has 0 spiro atoms. The Hall–Kier alpha value is -3.31. The van der Waals surface area contributed by atoms with Gasteiger partial charge >= 0.3 is 0 Å². The van der Waals surface area contributed by atoms with E-state index in [1.165, 1.54) is 0 Å². The van der Waals surface area contributed by atoms with Gasteiger partial charge < -0.3 is 10.6 Å². The Kier molecular flexibility index (Phi) is 6.05. The summed E-state index contributed by atoms with van der Waals surface area (Å²) in [4.78, 5) is 8.98. The van der Waals surface area contributed by atoms with Crippen molar-refractivity contribution in [1.82, 2.24) is 34.7 Å². The molecule has 1 aromatic carbocycles. The summed E-state index contributed by atoms with van der Waals surface area (Å²) in [5, 5.41) is 14.7. The minimum atomic E-state index is -3.68. The first-order chi connectivity index (χ1) is 16.4. The van der Waals surface area contributed by atoms with Crippen LogP contribution >= 0.6 is 0 Å². The van der Waals surface area contributed by atoms with Crippen LogP contribution in [0.2, 0.25) is 0 Å². The monoisotopic (exact) mass is 480 g/mol. The van der Waals surface area contributed by atoms with Crippen LogP contribution in [0.4, 0.5) is 5.95 Å². The number of aromatic nitrogens is 6. The number of fused-ring (bicyclic) bond motifs is 1. The predicted octanol–water partition coefficient (Wildman–Crippen LogP) is 2.57. The minimum absolute atomic E-state index is 0.134. The fraction of sp³-hybridized carbons (Fsp3) is 0.391. The minimum Gasteiger partial charge on any atom is -0.350 e. The molecule has 0 saturated carbocycles. The van der Waals surface area contributed by atoms with Gasteiger partial charge in [0.05, 0.1) is 17.1 Å². The van der Waals surface area contributed by atoms with Gasteiger partial charge in [0, 0.05) is 24.5 Å². The summed E-state index contributed by atoms with van der Waals surface area (Å²) in [6.45, 7) is 5.82. The molecule has 4 heterocycles. The highest BCUT2D eigenvalue weighted by Gasteiger charge is 2.33. The van der Waals surface area contributed by atoms with E-state index in [1.807, 2.05) is 50.4 Å². The number of piperidine rings is 1. The third kappa shape index (κ3) is 4.16. The normalized spacial score (nSPS) is 15.3. The highest BCUT2D eigenvalue weighted by atomic mass is 32.2. The molecule has 4 aromatic rings. The first-order valence-corrected chi connectivity index (χ1v) is 13.0. The smallest absolute Gasteiger partial charge is 0.252 e. The third-order valence-electron chi connectivity index (χ3n) is 6.16. The number of para-hydroxylation sites is 1. The summed E-state index contributed by atoms with van der Waals surface area (Å²) < 4.78 is 30.3. The summed E-state index contributed by atoms with van der Waals surface area (Å²) >= 11 is 0. The number of sulfone groups is 1. The Balaban J connectivity index is 1.55. The Morgan fingerprint density at radius 1 is 1.12 bits per heavy atom. The molecule has 10 nitrogen and oxygen atoms in total. The first kappa shape index (κ1) is 22.5. The van der Waals surface area contributed by atoms with Gasteiger partial charge in [0.25, 0.3) is 5.16 Å². The highest BCUT2D eigenvalue weighted by Crippen LogP contribution is 2.26. The lowest BCUT2D eigenvalue weighted by atomic mass is 10.1. The number of anilines is 1. The van der Waals surface area contributed by atoms with E-state index in [9.17, 15) is 8.42 Å². The Morgan fingerprint density at radius 2 is 1.91 bits per heavy atom. The van der Waals surface area contributed by atoms with Crippen molar-refractivity contribution < 1.29 is 8.42 Å². The van der Waals surface area contributed by atoms with Gasteiger partial charge in [-0.15, -0.1) is 0 Å². The fourth-order valence-electron chi connectivity index (χ4n) is 4.25. The summed E-state index contributed by atoms with van der Waals surface area (Å²) in [5.74, 6) is 0.481. The van der Waals surface area contributed by atoms with Crippen LogP contribution in [-0.2, 0) is 16.4 Å². The van der Waals surface area contributed by atoms with Crippen LogP contribution in [0.5, 0.6) is 0 Å². The summed E-state index contributed by atoms with van der Waals surface area (Å²) in [6, 6.07) is 9.76. The van der Waals surface area contributed by atoms with Gasteiger partial charge in [-0.1, -0.05) is 32.0 Å². The second kappa shape index (κ2) is 9.15. The van der Waals surface area contributed by atoms with E-state index in [1.54, 1.807) is 21.6 Å². The molecule has 178 valence electrons. The average Bonchev–Trinajstić information content (AvgIpc) is 3.53. The van der Waals surface area contributed by atoms with Crippen LogP contribution in [0.15, 0.2) is 54.1 Å². The van der Waals surface area contributed by atoms with E-state index in [4.69, 9.17) is 0 Å². The van der Waals surface area contributed by atoms with Crippen LogP contribution in [0.25, 0.3) is 11.3 Å². The molecule has 2 N–H and O–H groups in total. The van der Waals surface area contributed by atoms with Gasteiger partial charge in [-0.05, 0) is 49.5 Å². The lowest BCUT2D eigenvalue weighted by molar-refractivity contribution is 0.492. The van der Waals surface area contributed by atoms with E-state index in [0.717, 1.165) is 16.8 Å². The quantitative estimate of drug-likeness (QED) is 0.414.